The summed E-state index contributed by atoms with van der Waals surface area (Å²) >= 11 is 0. The molecule has 0 spiro atoms. The molecule has 0 radical (unpaired) electrons. The smallest absolute Gasteiger partial charge is 0.251 e. The van der Waals surface area contributed by atoms with Crippen LogP contribution < -0.4 is 10.9 Å². The van der Waals surface area contributed by atoms with Crippen molar-refractivity contribution in [2.45, 2.75) is 38.8 Å². The van der Waals surface area contributed by atoms with E-state index in [4.69, 9.17) is 4.74 Å². The van der Waals surface area contributed by atoms with Crippen LogP contribution in [0.5, 0.6) is 0 Å². The first-order valence-corrected chi connectivity index (χ1v) is 6.19. The van der Waals surface area contributed by atoms with Gasteiger partial charge in [0.25, 0.3) is 5.56 Å². The third kappa shape index (κ3) is 3.64. The fourth-order valence-electron chi connectivity index (χ4n) is 2.02. The summed E-state index contributed by atoms with van der Waals surface area (Å²) in [5, 5.41) is 3.17. The SMILES string of the molecule is CCNCc1cc(=O)[nH]c(CC2CCCO2)n1. The summed E-state index contributed by atoms with van der Waals surface area (Å²) in [5.74, 6) is 0.734. The van der Waals surface area contributed by atoms with Gasteiger partial charge in [0.1, 0.15) is 5.82 Å². The number of aromatic amines is 1. The van der Waals surface area contributed by atoms with E-state index in [1.54, 1.807) is 6.07 Å². The van der Waals surface area contributed by atoms with E-state index in [1.165, 1.54) is 0 Å². The molecule has 0 aromatic carbocycles. The Hall–Kier alpha value is -1.20. The van der Waals surface area contributed by atoms with E-state index in [0.717, 1.165) is 37.5 Å². The van der Waals surface area contributed by atoms with Crippen molar-refractivity contribution < 1.29 is 4.74 Å². The van der Waals surface area contributed by atoms with Gasteiger partial charge in [-0.1, -0.05) is 6.92 Å². The van der Waals surface area contributed by atoms with Crippen LogP contribution in [0.3, 0.4) is 0 Å². The van der Waals surface area contributed by atoms with Crippen LogP contribution in [0.2, 0.25) is 0 Å². The van der Waals surface area contributed by atoms with Gasteiger partial charge in [-0.2, -0.15) is 0 Å². The van der Waals surface area contributed by atoms with Gasteiger partial charge in [0.15, 0.2) is 0 Å². The Labute approximate surface area is 101 Å². The Balaban J connectivity index is 2.04. The van der Waals surface area contributed by atoms with Crippen LogP contribution in [0.1, 0.15) is 31.3 Å². The molecule has 5 nitrogen and oxygen atoms in total. The van der Waals surface area contributed by atoms with Gasteiger partial charge in [-0.25, -0.2) is 4.98 Å². The van der Waals surface area contributed by atoms with Crippen molar-refractivity contribution in [2.24, 2.45) is 0 Å². The lowest BCUT2D eigenvalue weighted by Crippen LogP contribution is -2.21. The molecule has 1 aromatic rings. The lowest BCUT2D eigenvalue weighted by molar-refractivity contribution is 0.109. The first kappa shape index (κ1) is 12.3. The molecule has 2 N–H and O–H groups in total. The summed E-state index contributed by atoms with van der Waals surface area (Å²) in [6.07, 6.45) is 3.08. The first-order valence-electron chi connectivity index (χ1n) is 6.19. The van der Waals surface area contributed by atoms with E-state index < -0.39 is 0 Å². The van der Waals surface area contributed by atoms with Crippen molar-refractivity contribution in [3.63, 3.8) is 0 Å². The fourth-order valence-corrected chi connectivity index (χ4v) is 2.02. The van der Waals surface area contributed by atoms with Gasteiger partial charge in [0.2, 0.25) is 0 Å². The van der Waals surface area contributed by atoms with E-state index in [1.807, 2.05) is 6.92 Å². The lowest BCUT2D eigenvalue weighted by atomic mass is 10.2. The summed E-state index contributed by atoms with van der Waals surface area (Å²) in [4.78, 5) is 18.7. The van der Waals surface area contributed by atoms with Crippen LogP contribution in [0.4, 0.5) is 0 Å². The molecule has 0 aliphatic carbocycles. The van der Waals surface area contributed by atoms with E-state index in [9.17, 15) is 4.79 Å². The quantitative estimate of drug-likeness (QED) is 0.787. The Morgan fingerprint density at radius 2 is 2.53 bits per heavy atom. The van der Waals surface area contributed by atoms with Crippen LogP contribution in [0.15, 0.2) is 10.9 Å². The molecular formula is C12H19N3O2. The number of H-pyrrole nitrogens is 1. The number of nitrogens with zero attached hydrogens (tertiary/aromatic N) is 1. The van der Waals surface area contributed by atoms with Gasteiger partial charge in [-0.3, -0.25) is 4.79 Å². The third-order valence-corrected chi connectivity index (χ3v) is 2.84. The highest BCUT2D eigenvalue weighted by molar-refractivity contribution is 5.03. The summed E-state index contributed by atoms with van der Waals surface area (Å²) in [5.41, 5.74) is 0.712. The highest BCUT2D eigenvalue weighted by atomic mass is 16.5. The van der Waals surface area contributed by atoms with Gasteiger partial charge in [-0.05, 0) is 19.4 Å². The third-order valence-electron chi connectivity index (χ3n) is 2.84. The number of hydrogen-bond acceptors (Lipinski definition) is 4. The number of hydrogen-bond donors (Lipinski definition) is 2. The molecule has 1 aromatic heterocycles. The molecular weight excluding hydrogens is 218 g/mol. The largest absolute Gasteiger partial charge is 0.378 e. The predicted molar refractivity (Wildman–Crippen MR) is 64.9 cm³/mol. The Morgan fingerprint density at radius 1 is 1.65 bits per heavy atom. The van der Waals surface area contributed by atoms with Gasteiger partial charge < -0.3 is 15.0 Å². The van der Waals surface area contributed by atoms with E-state index in [-0.39, 0.29) is 11.7 Å². The van der Waals surface area contributed by atoms with Gasteiger partial charge in [0, 0.05) is 25.6 Å². The van der Waals surface area contributed by atoms with Crippen LogP contribution in [-0.4, -0.2) is 29.2 Å². The molecule has 1 aliphatic rings. The molecule has 0 saturated carbocycles. The van der Waals surface area contributed by atoms with Crippen molar-refractivity contribution in [3.8, 4) is 0 Å². The summed E-state index contributed by atoms with van der Waals surface area (Å²) in [6.45, 7) is 4.36. The van der Waals surface area contributed by atoms with Crippen LogP contribution in [0, 0.1) is 0 Å². The molecule has 0 amide bonds. The molecule has 17 heavy (non-hydrogen) atoms. The second-order valence-electron chi connectivity index (χ2n) is 4.30. The minimum Gasteiger partial charge on any atom is -0.378 e. The zero-order valence-corrected chi connectivity index (χ0v) is 10.2. The second-order valence-corrected chi connectivity index (χ2v) is 4.30. The Morgan fingerprint density at radius 3 is 3.24 bits per heavy atom. The average Bonchev–Trinajstić information content (AvgIpc) is 2.78. The molecule has 1 unspecified atom stereocenters. The highest BCUT2D eigenvalue weighted by Gasteiger charge is 2.17. The normalized spacial score (nSPS) is 19.7. The molecule has 1 aliphatic heterocycles. The molecule has 1 fully saturated rings. The summed E-state index contributed by atoms with van der Waals surface area (Å²) < 4.78 is 5.54. The van der Waals surface area contributed by atoms with Crippen molar-refractivity contribution in [2.75, 3.05) is 13.2 Å². The van der Waals surface area contributed by atoms with E-state index in [0.29, 0.717) is 13.0 Å². The molecule has 1 atom stereocenters. The number of ether oxygens (including phenoxy) is 1. The topological polar surface area (TPSA) is 67.0 Å². The maximum atomic E-state index is 11.5. The molecule has 0 bridgehead atoms. The van der Waals surface area contributed by atoms with Gasteiger partial charge >= 0.3 is 0 Å². The maximum Gasteiger partial charge on any atom is 0.251 e. The van der Waals surface area contributed by atoms with E-state index in [2.05, 4.69) is 15.3 Å². The van der Waals surface area contributed by atoms with Gasteiger partial charge in [0.05, 0.1) is 11.8 Å². The average molecular weight is 237 g/mol. The zero-order chi connectivity index (χ0) is 12.1. The van der Waals surface area contributed by atoms with E-state index >= 15 is 0 Å². The Bertz CT molecular complexity index is 410. The predicted octanol–water partition coefficient (Wildman–Crippen LogP) is 0.601. The minimum absolute atomic E-state index is 0.0825. The number of aromatic nitrogens is 2. The number of nitrogens with one attached hydrogen (secondary N) is 2. The van der Waals surface area contributed by atoms with Crippen LogP contribution in [0.25, 0.3) is 0 Å². The lowest BCUT2D eigenvalue weighted by Gasteiger charge is -2.09. The van der Waals surface area contributed by atoms with Crippen LogP contribution >= 0.6 is 0 Å². The van der Waals surface area contributed by atoms with Crippen LogP contribution in [-0.2, 0) is 17.7 Å². The van der Waals surface area contributed by atoms with Crippen molar-refractivity contribution in [1.29, 1.82) is 0 Å². The standard InChI is InChI=1S/C12H19N3O2/c1-2-13-8-9-6-12(16)15-11(14-9)7-10-4-3-5-17-10/h6,10,13H,2-5,7-8H2,1H3,(H,14,15,16). The Kier molecular flexibility index (Phi) is 4.28. The monoisotopic (exact) mass is 237 g/mol. The summed E-state index contributed by atoms with van der Waals surface area (Å²) in [6, 6.07) is 1.54. The molecule has 94 valence electrons. The minimum atomic E-state index is -0.0825. The molecule has 2 rings (SSSR count). The first-order chi connectivity index (χ1) is 8.28. The molecule has 5 heteroatoms. The maximum absolute atomic E-state index is 11.5. The summed E-state index contributed by atoms with van der Waals surface area (Å²) in [7, 11) is 0. The second kappa shape index (κ2) is 5.93. The fraction of sp³-hybridized carbons (Fsp3) is 0.667. The highest BCUT2D eigenvalue weighted by Crippen LogP contribution is 2.14. The van der Waals surface area contributed by atoms with Crippen molar-refractivity contribution >= 4 is 0 Å². The molecule has 1 saturated heterocycles. The zero-order valence-electron chi connectivity index (χ0n) is 10.2. The number of rotatable bonds is 5. The van der Waals surface area contributed by atoms with Gasteiger partial charge in [-0.15, -0.1) is 0 Å². The van der Waals surface area contributed by atoms with Crippen molar-refractivity contribution in [1.82, 2.24) is 15.3 Å². The molecule has 2 heterocycles. The van der Waals surface area contributed by atoms with Crippen molar-refractivity contribution in [3.05, 3.63) is 27.9 Å².